The van der Waals surface area contributed by atoms with Crippen molar-refractivity contribution in [3.05, 3.63) is 82.4 Å². The van der Waals surface area contributed by atoms with Gasteiger partial charge in [-0.15, -0.1) is 0 Å². The fourth-order valence-corrected chi connectivity index (χ4v) is 5.96. The van der Waals surface area contributed by atoms with Gasteiger partial charge >= 0.3 is 0 Å². The first-order chi connectivity index (χ1) is 17.6. The van der Waals surface area contributed by atoms with Gasteiger partial charge in [-0.05, 0) is 78.7 Å². The fraction of sp³-hybridized carbons (Fsp3) is 0.367. The number of ether oxygens (including phenoxy) is 1. The molecule has 196 valence electrons. The third-order valence-electron chi connectivity index (χ3n) is 7.32. The van der Waals surface area contributed by atoms with Crippen molar-refractivity contribution in [3.8, 4) is 5.75 Å². The van der Waals surface area contributed by atoms with Crippen LogP contribution in [0.2, 0.25) is 0 Å². The van der Waals surface area contributed by atoms with E-state index in [0.29, 0.717) is 12.3 Å². The first kappa shape index (κ1) is 26.9. The maximum atomic E-state index is 12.8. The summed E-state index contributed by atoms with van der Waals surface area (Å²) >= 11 is 1.72. The molecular formula is C30H38N4O2S. The summed E-state index contributed by atoms with van der Waals surface area (Å²) in [5.74, 6) is 0.339. The van der Waals surface area contributed by atoms with Crippen LogP contribution in [-0.4, -0.2) is 29.9 Å². The first-order valence-corrected chi connectivity index (χ1v) is 13.6. The van der Waals surface area contributed by atoms with Crippen molar-refractivity contribution < 1.29 is 9.53 Å². The summed E-state index contributed by atoms with van der Waals surface area (Å²) in [6.07, 6.45) is 0. The van der Waals surface area contributed by atoms with Crippen molar-refractivity contribution >= 4 is 29.2 Å². The summed E-state index contributed by atoms with van der Waals surface area (Å²) in [6, 6.07) is 18.7. The second-order valence-corrected chi connectivity index (χ2v) is 11.4. The molecule has 0 saturated heterocycles. The number of fused-ring (bicyclic) bond motifs is 1. The SMILES string of the molecule is CCNc1ccc(C(c2ccc(C)c(CN3CCOc4ccccc4S3)c2)C(C)(C)C(N)=O)c(C)c1N. The van der Waals surface area contributed by atoms with Gasteiger partial charge in [-0.25, -0.2) is 4.31 Å². The Balaban J connectivity index is 1.74. The van der Waals surface area contributed by atoms with E-state index >= 15 is 0 Å². The Hall–Kier alpha value is -3.16. The smallest absolute Gasteiger partial charge is 0.224 e. The Labute approximate surface area is 224 Å². The quantitative estimate of drug-likeness (QED) is 0.255. The van der Waals surface area contributed by atoms with Gasteiger partial charge in [0.05, 0.1) is 21.7 Å². The van der Waals surface area contributed by atoms with E-state index in [-0.39, 0.29) is 11.8 Å². The Morgan fingerprint density at radius 2 is 1.92 bits per heavy atom. The van der Waals surface area contributed by atoms with Gasteiger partial charge in [-0.2, -0.15) is 0 Å². The molecule has 4 rings (SSSR count). The van der Waals surface area contributed by atoms with Crippen LogP contribution in [0.5, 0.6) is 5.75 Å². The van der Waals surface area contributed by atoms with Crippen LogP contribution in [0, 0.1) is 19.3 Å². The maximum absolute atomic E-state index is 12.8. The molecule has 0 aliphatic carbocycles. The number of carbonyl (C=O) groups is 1. The minimum atomic E-state index is -0.826. The average Bonchev–Trinajstić information content (AvgIpc) is 3.07. The number of carbonyl (C=O) groups excluding carboxylic acids is 1. The van der Waals surface area contributed by atoms with Gasteiger partial charge in [0.25, 0.3) is 0 Å². The summed E-state index contributed by atoms with van der Waals surface area (Å²) in [4.78, 5) is 13.9. The highest BCUT2D eigenvalue weighted by Crippen LogP contribution is 2.45. The van der Waals surface area contributed by atoms with Gasteiger partial charge in [-0.3, -0.25) is 4.79 Å². The van der Waals surface area contributed by atoms with Crippen LogP contribution in [0.4, 0.5) is 11.4 Å². The minimum absolute atomic E-state index is 0.247. The van der Waals surface area contributed by atoms with Gasteiger partial charge in [-0.1, -0.05) is 50.2 Å². The molecule has 5 N–H and O–H groups in total. The van der Waals surface area contributed by atoms with E-state index in [9.17, 15) is 4.79 Å². The predicted molar refractivity (Wildman–Crippen MR) is 154 cm³/mol. The summed E-state index contributed by atoms with van der Waals surface area (Å²) in [5.41, 5.74) is 18.8. The summed E-state index contributed by atoms with van der Waals surface area (Å²) < 4.78 is 8.29. The summed E-state index contributed by atoms with van der Waals surface area (Å²) in [5, 5.41) is 3.32. The number of nitrogen functional groups attached to an aromatic ring is 1. The monoisotopic (exact) mass is 518 g/mol. The number of nitrogens with two attached hydrogens (primary N) is 2. The molecule has 0 spiro atoms. The van der Waals surface area contributed by atoms with E-state index in [4.69, 9.17) is 16.2 Å². The standard InChI is InChI=1S/C30H38N4O2S/c1-6-33-24-14-13-23(20(3)28(24)31)27(30(4,5)29(32)35)21-12-11-19(2)22(17-21)18-34-15-16-36-25-9-7-8-10-26(25)37-34/h7-14,17,27,33H,6,15-16,18,31H2,1-5H3,(H2,32,35). The van der Waals surface area contributed by atoms with E-state index in [1.165, 1.54) is 11.1 Å². The lowest BCUT2D eigenvalue weighted by molar-refractivity contribution is -0.126. The maximum Gasteiger partial charge on any atom is 0.224 e. The molecule has 0 aromatic heterocycles. The van der Waals surface area contributed by atoms with Crippen molar-refractivity contribution in [1.29, 1.82) is 0 Å². The minimum Gasteiger partial charge on any atom is -0.491 e. The molecule has 1 atom stereocenters. The molecule has 6 nitrogen and oxygen atoms in total. The number of para-hydroxylation sites is 1. The molecule has 0 bridgehead atoms. The zero-order valence-corrected chi connectivity index (χ0v) is 23.2. The molecule has 3 aromatic carbocycles. The number of hydrogen-bond donors (Lipinski definition) is 3. The molecular weight excluding hydrogens is 480 g/mol. The van der Waals surface area contributed by atoms with Crippen molar-refractivity contribution in [3.63, 3.8) is 0 Å². The van der Waals surface area contributed by atoms with E-state index in [0.717, 1.165) is 52.7 Å². The van der Waals surface area contributed by atoms with Crippen LogP contribution in [0.1, 0.15) is 54.5 Å². The molecule has 7 heteroatoms. The van der Waals surface area contributed by atoms with Crippen LogP contribution in [0.25, 0.3) is 0 Å². The fourth-order valence-electron chi connectivity index (χ4n) is 4.96. The highest BCUT2D eigenvalue weighted by Gasteiger charge is 2.38. The van der Waals surface area contributed by atoms with Crippen LogP contribution in [0.3, 0.4) is 0 Å². The molecule has 37 heavy (non-hydrogen) atoms. The van der Waals surface area contributed by atoms with E-state index in [1.54, 1.807) is 11.9 Å². The van der Waals surface area contributed by atoms with E-state index in [2.05, 4.69) is 46.9 Å². The topological polar surface area (TPSA) is 93.6 Å². The molecule has 0 saturated carbocycles. The normalized spacial score (nSPS) is 14.8. The number of nitrogens with one attached hydrogen (secondary N) is 1. The highest BCUT2D eigenvalue weighted by atomic mass is 32.2. The van der Waals surface area contributed by atoms with Crippen LogP contribution >= 0.6 is 11.9 Å². The molecule has 1 amide bonds. The molecule has 1 aliphatic heterocycles. The Bertz CT molecular complexity index is 1290. The van der Waals surface area contributed by atoms with Crippen molar-refractivity contribution in [2.24, 2.45) is 11.1 Å². The number of anilines is 2. The van der Waals surface area contributed by atoms with E-state index in [1.807, 2.05) is 52.0 Å². The number of hydrogen-bond acceptors (Lipinski definition) is 6. The zero-order valence-electron chi connectivity index (χ0n) is 22.4. The van der Waals surface area contributed by atoms with Crippen molar-refractivity contribution in [1.82, 2.24) is 4.31 Å². The number of benzene rings is 3. The molecule has 1 aliphatic rings. The third-order valence-corrected chi connectivity index (χ3v) is 8.42. The Morgan fingerprint density at radius 1 is 1.16 bits per heavy atom. The van der Waals surface area contributed by atoms with Crippen LogP contribution < -0.4 is 21.5 Å². The summed E-state index contributed by atoms with van der Waals surface area (Å²) in [7, 11) is 0. The number of amides is 1. The van der Waals surface area contributed by atoms with Gasteiger partial charge in [0.2, 0.25) is 5.91 Å². The van der Waals surface area contributed by atoms with Crippen LogP contribution in [-0.2, 0) is 11.3 Å². The predicted octanol–water partition coefficient (Wildman–Crippen LogP) is 5.86. The molecule has 0 fully saturated rings. The molecule has 0 radical (unpaired) electrons. The lowest BCUT2D eigenvalue weighted by Gasteiger charge is -2.34. The van der Waals surface area contributed by atoms with E-state index < -0.39 is 5.41 Å². The van der Waals surface area contributed by atoms with Gasteiger partial charge in [0.1, 0.15) is 12.4 Å². The molecule has 1 heterocycles. The average molecular weight is 519 g/mol. The zero-order chi connectivity index (χ0) is 26.7. The lowest BCUT2D eigenvalue weighted by Crippen LogP contribution is -2.38. The highest BCUT2D eigenvalue weighted by molar-refractivity contribution is 7.97. The largest absolute Gasteiger partial charge is 0.491 e. The third kappa shape index (κ3) is 5.58. The Morgan fingerprint density at radius 3 is 2.65 bits per heavy atom. The first-order valence-electron chi connectivity index (χ1n) is 12.8. The van der Waals surface area contributed by atoms with Crippen molar-refractivity contribution in [2.45, 2.75) is 52.0 Å². The molecule has 3 aromatic rings. The van der Waals surface area contributed by atoms with Crippen LogP contribution in [0.15, 0.2) is 59.5 Å². The number of primary amides is 1. The number of aryl methyl sites for hydroxylation is 1. The second kappa shape index (κ2) is 11.1. The second-order valence-electron chi connectivity index (χ2n) is 10.2. The lowest BCUT2D eigenvalue weighted by atomic mass is 9.69. The van der Waals surface area contributed by atoms with Gasteiger partial charge in [0, 0.05) is 25.6 Å². The summed E-state index contributed by atoms with van der Waals surface area (Å²) in [6.45, 7) is 13.0. The van der Waals surface area contributed by atoms with Crippen molar-refractivity contribution in [2.75, 3.05) is 30.7 Å². The number of rotatable bonds is 8. The number of nitrogens with zero attached hydrogens (tertiary/aromatic N) is 1. The van der Waals surface area contributed by atoms with Gasteiger partial charge in [0.15, 0.2) is 0 Å². The van der Waals surface area contributed by atoms with Gasteiger partial charge < -0.3 is 21.5 Å². The molecule has 1 unspecified atom stereocenters. The Kier molecular flexibility index (Phi) is 8.05.